The Hall–Kier alpha value is -3.25. The molecule has 3 aromatic rings. The summed E-state index contributed by atoms with van der Waals surface area (Å²) in [7, 11) is 0. The highest BCUT2D eigenvalue weighted by atomic mass is 19.4. The summed E-state index contributed by atoms with van der Waals surface area (Å²) in [5.41, 5.74) is 0.592. The number of nitrogens with zero attached hydrogens (tertiary/aromatic N) is 3. The molecule has 0 atom stereocenters. The Morgan fingerprint density at radius 2 is 1.70 bits per heavy atom. The van der Waals surface area contributed by atoms with Crippen LogP contribution in [0.3, 0.4) is 0 Å². The highest BCUT2D eigenvalue weighted by molar-refractivity contribution is 5.70. The zero-order chi connectivity index (χ0) is 24.2. The van der Waals surface area contributed by atoms with Crippen LogP contribution in [0.2, 0.25) is 0 Å². The average molecular weight is 463 g/mol. The van der Waals surface area contributed by atoms with Gasteiger partial charge in [0.15, 0.2) is 0 Å². The maximum absolute atomic E-state index is 14.1. The maximum atomic E-state index is 14.1. The van der Waals surface area contributed by atoms with Crippen LogP contribution in [-0.2, 0) is 25.5 Å². The van der Waals surface area contributed by atoms with Gasteiger partial charge in [0.1, 0.15) is 11.5 Å². The monoisotopic (exact) mass is 463 g/mol. The molecule has 0 saturated heterocycles. The molecular weight excluding hydrogens is 441 g/mol. The van der Waals surface area contributed by atoms with Crippen LogP contribution < -0.4 is 0 Å². The fourth-order valence-corrected chi connectivity index (χ4v) is 3.60. The number of aryl methyl sites for hydroxylation is 1. The number of unbranched alkanes of at least 4 members (excludes halogenated alkanes) is 1. The summed E-state index contributed by atoms with van der Waals surface area (Å²) >= 11 is 0. The molecule has 0 unspecified atom stereocenters. The summed E-state index contributed by atoms with van der Waals surface area (Å²) in [6.45, 7) is 0.826. The number of benzene rings is 2. The Balaban J connectivity index is 2.01. The van der Waals surface area contributed by atoms with Gasteiger partial charge in [-0.05, 0) is 29.2 Å². The van der Waals surface area contributed by atoms with Crippen LogP contribution >= 0.6 is 0 Å². The average Bonchev–Trinajstić information content (AvgIpc) is 3.15. The fourth-order valence-electron chi connectivity index (χ4n) is 3.60. The number of hydrogen-bond acceptors (Lipinski definition) is 3. The minimum absolute atomic E-state index is 0.0317. The van der Waals surface area contributed by atoms with E-state index in [4.69, 9.17) is 0 Å². The summed E-state index contributed by atoms with van der Waals surface area (Å²) in [6, 6.07) is 16.0. The third-order valence-corrected chi connectivity index (χ3v) is 5.36. The highest BCUT2D eigenvalue weighted by Gasteiger charge is 2.61. The fraction of sp³-hybridized carbons (Fsp3) is 0.333. The molecule has 0 aliphatic carbocycles. The zero-order valence-electron chi connectivity index (χ0n) is 17.8. The van der Waals surface area contributed by atoms with Crippen LogP contribution in [-0.4, -0.2) is 20.8 Å². The summed E-state index contributed by atoms with van der Waals surface area (Å²) in [6.07, 6.45) is -4.39. The lowest BCUT2D eigenvalue weighted by molar-refractivity contribution is -0.291. The summed E-state index contributed by atoms with van der Waals surface area (Å²) in [5, 5.41) is 19.0. The first-order valence-corrected chi connectivity index (χ1v) is 10.4. The Labute approximate surface area is 187 Å². The van der Waals surface area contributed by atoms with Gasteiger partial charge < -0.3 is 9.67 Å². The van der Waals surface area contributed by atoms with E-state index in [1.807, 2.05) is 6.92 Å². The normalized spacial score (nSPS) is 12.1. The second-order valence-electron chi connectivity index (χ2n) is 7.60. The minimum Gasteiger partial charge on any atom is -0.390 e. The van der Waals surface area contributed by atoms with Crippen molar-refractivity contribution in [3.8, 4) is 17.2 Å². The van der Waals surface area contributed by atoms with Crippen LogP contribution in [0.1, 0.15) is 48.1 Å². The summed E-state index contributed by atoms with van der Waals surface area (Å²) in [5.74, 6) is -5.11. The van der Waals surface area contributed by atoms with Gasteiger partial charge in [0.2, 0.25) is 0 Å². The molecule has 0 radical (unpaired) electrons. The maximum Gasteiger partial charge on any atom is 0.459 e. The number of rotatable bonds is 8. The van der Waals surface area contributed by atoms with E-state index in [2.05, 4.69) is 11.1 Å². The van der Waals surface area contributed by atoms with Crippen molar-refractivity contribution in [2.45, 2.75) is 51.4 Å². The van der Waals surface area contributed by atoms with E-state index >= 15 is 0 Å². The number of imidazole rings is 1. The molecule has 2 aromatic carbocycles. The molecule has 3 rings (SSSR count). The second-order valence-corrected chi connectivity index (χ2v) is 7.60. The van der Waals surface area contributed by atoms with Crippen molar-refractivity contribution in [2.24, 2.45) is 0 Å². The van der Waals surface area contributed by atoms with Gasteiger partial charge in [-0.3, -0.25) is 0 Å². The Morgan fingerprint density at radius 3 is 2.27 bits per heavy atom. The molecule has 174 valence electrons. The first kappa shape index (κ1) is 24.4. The molecule has 1 heterocycles. The van der Waals surface area contributed by atoms with E-state index in [1.165, 1.54) is 4.57 Å². The van der Waals surface area contributed by atoms with Crippen LogP contribution in [0.5, 0.6) is 0 Å². The van der Waals surface area contributed by atoms with Gasteiger partial charge in [-0.1, -0.05) is 55.8 Å². The summed E-state index contributed by atoms with van der Waals surface area (Å²) < 4.78 is 68.6. The van der Waals surface area contributed by atoms with E-state index in [1.54, 1.807) is 48.5 Å². The van der Waals surface area contributed by atoms with Gasteiger partial charge in [0.05, 0.1) is 23.9 Å². The van der Waals surface area contributed by atoms with Crippen LogP contribution in [0, 0.1) is 11.3 Å². The number of alkyl halides is 5. The van der Waals surface area contributed by atoms with E-state index in [-0.39, 0.29) is 18.8 Å². The van der Waals surface area contributed by atoms with Gasteiger partial charge in [-0.15, -0.1) is 0 Å². The molecule has 9 heteroatoms. The van der Waals surface area contributed by atoms with E-state index < -0.39 is 30.1 Å². The van der Waals surface area contributed by atoms with Crippen LogP contribution in [0.15, 0.2) is 48.5 Å². The van der Waals surface area contributed by atoms with E-state index in [0.29, 0.717) is 24.0 Å². The van der Waals surface area contributed by atoms with Crippen molar-refractivity contribution >= 4 is 0 Å². The molecule has 1 N–H and O–H groups in total. The standard InChI is InChI=1S/C24H22F5N3O/c1-2-3-8-21-31-22(23(25,26)24(27,28)29)20(15-33)32(21)14-16-9-11-17(12-10-16)19-7-5-4-6-18(19)13-30/h4-7,9-12,33H,2-3,8,14-15H2,1H3. The number of hydrogen-bond donors (Lipinski definition) is 1. The molecule has 0 spiro atoms. The van der Waals surface area contributed by atoms with Crippen molar-refractivity contribution in [3.05, 3.63) is 76.9 Å². The first-order chi connectivity index (χ1) is 15.6. The zero-order valence-corrected chi connectivity index (χ0v) is 17.8. The number of nitriles is 1. The Morgan fingerprint density at radius 1 is 1.03 bits per heavy atom. The predicted octanol–water partition coefficient (Wildman–Crippen LogP) is 5.96. The Kier molecular flexibility index (Phi) is 7.18. The van der Waals surface area contributed by atoms with Crippen molar-refractivity contribution in [1.82, 2.24) is 9.55 Å². The van der Waals surface area contributed by atoms with Gasteiger partial charge in [0, 0.05) is 13.0 Å². The third-order valence-electron chi connectivity index (χ3n) is 5.36. The van der Waals surface area contributed by atoms with Crippen LogP contribution in [0.25, 0.3) is 11.1 Å². The van der Waals surface area contributed by atoms with Gasteiger partial charge in [-0.2, -0.15) is 27.2 Å². The number of aliphatic hydroxyl groups is 1. The second kappa shape index (κ2) is 9.71. The van der Waals surface area contributed by atoms with Crippen LogP contribution in [0.4, 0.5) is 22.0 Å². The van der Waals surface area contributed by atoms with Crippen molar-refractivity contribution in [2.75, 3.05) is 0 Å². The Bertz CT molecular complexity index is 1140. The molecule has 0 bridgehead atoms. The molecule has 0 amide bonds. The van der Waals surface area contributed by atoms with Gasteiger partial charge in [0.25, 0.3) is 0 Å². The lowest BCUT2D eigenvalue weighted by Gasteiger charge is -2.19. The number of aromatic nitrogens is 2. The largest absolute Gasteiger partial charge is 0.459 e. The molecular formula is C24H22F5N3O. The van der Waals surface area contributed by atoms with Crippen molar-refractivity contribution < 1.29 is 27.1 Å². The third kappa shape index (κ3) is 4.91. The molecule has 0 saturated carbocycles. The van der Waals surface area contributed by atoms with Gasteiger partial charge >= 0.3 is 12.1 Å². The topological polar surface area (TPSA) is 61.8 Å². The molecule has 0 aliphatic rings. The molecule has 0 fully saturated rings. The molecule has 1 aromatic heterocycles. The smallest absolute Gasteiger partial charge is 0.390 e. The number of halogens is 5. The van der Waals surface area contributed by atoms with E-state index in [9.17, 15) is 32.3 Å². The first-order valence-electron chi connectivity index (χ1n) is 10.4. The predicted molar refractivity (Wildman–Crippen MR) is 112 cm³/mol. The highest BCUT2D eigenvalue weighted by Crippen LogP contribution is 2.45. The minimum atomic E-state index is -5.83. The molecule has 4 nitrogen and oxygen atoms in total. The SMILES string of the molecule is CCCCc1nc(C(F)(F)C(F)(F)F)c(CO)n1Cc1ccc(-c2ccccc2C#N)cc1. The quantitative estimate of drug-likeness (QED) is 0.420. The van der Waals surface area contributed by atoms with Crippen molar-refractivity contribution in [1.29, 1.82) is 5.26 Å². The molecule has 33 heavy (non-hydrogen) atoms. The van der Waals surface area contributed by atoms with Crippen molar-refractivity contribution in [3.63, 3.8) is 0 Å². The lowest BCUT2D eigenvalue weighted by atomic mass is 9.99. The lowest BCUT2D eigenvalue weighted by Crippen LogP contribution is -2.35. The van der Waals surface area contributed by atoms with Gasteiger partial charge in [-0.25, -0.2) is 4.98 Å². The summed E-state index contributed by atoms with van der Waals surface area (Å²) in [4.78, 5) is 3.64. The molecule has 0 aliphatic heterocycles. The number of aliphatic hydroxyl groups excluding tert-OH is 1. The van der Waals surface area contributed by atoms with E-state index in [0.717, 1.165) is 11.1 Å².